The first-order valence-corrected chi connectivity index (χ1v) is 6.97. The lowest BCUT2D eigenvalue weighted by molar-refractivity contribution is 0.102. The zero-order valence-electron chi connectivity index (χ0n) is 11.2. The number of halogens is 1. The number of aromatic amines is 1. The van der Waals surface area contributed by atoms with E-state index in [1.54, 1.807) is 19.1 Å². The molecule has 2 rings (SSSR count). The van der Waals surface area contributed by atoms with Crippen molar-refractivity contribution in [3.63, 3.8) is 0 Å². The van der Waals surface area contributed by atoms with E-state index in [0.29, 0.717) is 27.0 Å². The van der Waals surface area contributed by atoms with Gasteiger partial charge in [-0.15, -0.1) is 0 Å². The molecule has 1 heterocycles. The molecule has 0 atom stereocenters. The highest BCUT2D eigenvalue weighted by molar-refractivity contribution is 7.11. The number of hydrogen-bond acceptors (Lipinski definition) is 4. The van der Waals surface area contributed by atoms with Gasteiger partial charge in [-0.05, 0) is 25.5 Å². The van der Waals surface area contributed by atoms with Gasteiger partial charge in [0, 0.05) is 16.8 Å². The number of hydrogen-bond donors (Lipinski definition) is 2. The molecule has 7 heteroatoms. The van der Waals surface area contributed by atoms with E-state index in [1.165, 1.54) is 7.11 Å². The fourth-order valence-electron chi connectivity index (χ4n) is 1.73. The van der Waals surface area contributed by atoms with E-state index in [0.717, 1.165) is 16.9 Å². The number of thiazole rings is 1. The van der Waals surface area contributed by atoms with Crippen LogP contribution in [0.2, 0.25) is 5.02 Å². The van der Waals surface area contributed by atoms with Gasteiger partial charge in [0.05, 0.1) is 12.8 Å². The lowest BCUT2D eigenvalue weighted by Gasteiger charge is -2.11. The van der Waals surface area contributed by atoms with Crippen molar-refractivity contribution in [2.75, 3.05) is 12.4 Å². The summed E-state index contributed by atoms with van der Waals surface area (Å²) in [7, 11) is 1.50. The predicted molar refractivity (Wildman–Crippen MR) is 80.4 cm³/mol. The van der Waals surface area contributed by atoms with E-state index in [9.17, 15) is 9.59 Å². The number of H-pyrrole nitrogens is 1. The second kappa shape index (κ2) is 5.68. The molecule has 1 aromatic heterocycles. The first kappa shape index (κ1) is 14.6. The minimum absolute atomic E-state index is 0.257. The Morgan fingerprint density at radius 2 is 2.10 bits per heavy atom. The molecule has 0 aliphatic rings. The van der Waals surface area contributed by atoms with Gasteiger partial charge in [0.15, 0.2) is 0 Å². The number of carbonyl (C=O) groups is 1. The fraction of sp³-hybridized carbons (Fsp3) is 0.231. The Morgan fingerprint density at radius 1 is 1.40 bits per heavy atom. The average Bonchev–Trinajstić information content (AvgIpc) is 2.72. The van der Waals surface area contributed by atoms with Gasteiger partial charge in [-0.1, -0.05) is 22.9 Å². The molecule has 1 amide bonds. The van der Waals surface area contributed by atoms with Crippen molar-refractivity contribution < 1.29 is 9.53 Å². The van der Waals surface area contributed by atoms with Crippen molar-refractivity contribution in [1.29, 1.82) is 0 Å². The molecule has 0 spiro atoms. The highest BCUT2D eigenvalue weighted by atomic mass is 35.5. The third-order valence-electron chi connectivity index (χ3n) is 2.76. The van der Waals surface area contributed by atoms with Crippen molar-refractivity contribution in [2.45, 2.75) is 13.8 Å². The van der Waals surface area contributed by atoms with Crippen molar-refractivity contribution in [3.05, 3.63) is 43.0 Å². The quantitative estimate of drug-likeness (QED) is 0.915. The van der Waals surface area contributed by atoms with E-state index in [2.05, 4.69) is 10.3 Å². The minimum atomic E-state index is -0.356. The normalized spacial score (nSPS) is 10.4. The summed E-state index contributed by atoms with van der Waals surface area (Å²) in [5, 5.41) is 3.29. The van der Waals surface area contributed by atoms with Crippen LogP contribution in [0.5, 0.6) is 5.75 Å². The number of ether oxygens (including phenoxy) is 1. The Morgan fingerprint density at radius 3 is 2.65 bits per heavy atom. The number of nitrogens with one attached hydrogen (secondary N) is 2. The molecule has 0 unspecified atom stereocenters. The summed E-state index contributed by atoms with van der Waals surface area (Å²) in [6.07, 6.45) is 0. The lowest BCUT2D eigenvalue weighted by atomic mass is 10.2. The zero-order valence-corrected chi connectivity index (χ0v) is 12.7. The average molecular weight is 313 g/mol. The van der Waals surface area contributed by atoms with Gasteiger partial charge < -0.3 is 15.0 Å². The topological polar surface area (TPSA) is 71.2 Å². The summed E-state index contributed by atoms with van der Waals surface area (Å²) in [5.41, 5.74) is 1.88. The summed E-state index contributed by atoms with van der Waals surface area (Å²) >= 11 is 6.88. The van der Waals surface area contributed by atoms with Crippen molar-refractivity contribution in [3.8, 4) is 5.75 Å². The van der Waals surface area contributed by atoms with Crippen LogP contribution in [-0.4, -0.2) is 18.0 Å². The Kier molecular flexibility index (Phi) is 4.15. The number of anilines is 1. The number of methoxy groups -OCH3 is 1. The Balaban J connectivity index is 2.34. The number of benzene rings is 1. The third kappa shape index (κ3) is 2.86. The minimum Gasteiger partial charge on any atom is -0.495 e. The van der Waals surface area contributed by atoms with E-state index in [1.807, 2.05) is 6.92 Å². The zero-order chi connectivity index (χ0) is 14.9. The van der Waals surface area contributed by atoms with Gasteiger partial charge in [-0.25, -0.2) is 0 Å². The molecule has 5 nitrogen and oxygen atoms in total. The fourth-order valence-corrected chi connectivity index (χ4v) is 2.62. The second-order valence-corrected chi connectivity index (χ2v) is 5.61. The molecular weight excluding hydrogens is 300 g/mol. The highest BCUT2D eigenvalue weighted by Gasteiger charge is 2.16. The van der Waals surface area contributed by atoms with Crippen LogP contribution < -0.4 is 14.9 Å². The Hall–Kier alpha value is -1.79. The number of aryl methyl sites for hydroxylation is 2. The molecular formula is C13H13ClN2O3S. The van der Waals surface area contributed by atoms with Crippen LogP contribution in [0.1, 0.15) is 20.9 Å². The molecule has 0 radical (unpaired) electrons. The SMILES string of the molecule is COc1cc(Cl)c(C)cc1NC(=O)c1sc(=O)[nH]c1C. The summed E-state index contributed by atoms with van der Waals surface area (Å²) in [6.45, 7) is 3.51. The van der Waals surface area contributed by atoms with E-state index >= 15 is 0 Å². The predicted octanol–water partition coefficient (Wildman–Crippen LogP) is 2.97. The molecule has 2 N–H and O–H groups in total. The Labute approximate surface area is 124 Å². The lowest BCUT2D eigenvalue weighted by Crippen LogP contribution is -2.12. The third-order valence-corrected chi connectivity index (χ3v) is 4.15. The summed E-state index contributed by atoms with van der Waals surface area (Å²) in [5.74, 6) is 0.111. The van der Waals surface area contributed by atoms with Crippen LogP contribution in [0, 0.1) is 13.8 Å². The highest BCUT2D eigenvalue weighted by Crippen LogP contribution is 2.31. The summed E-state index contributed by atoms with van der Waals surface area (Å²) in [6, 6.07) is 3.36. The number of carbonyl (C=O) groups excluding carboxylic acids is 1. The van der Waals surface area contributed by atoms with Crippen LogP contribution in [0.4, 0.5) is 5.69 Å². The molecule has 2 aromatic rings. The maximum Gasteiger partial charge on any atom is 0.305 e. The molecule has 0 saturated heterocycles. The monoisotopic (exact) mass is 312 g/mol. The second-order valence-electron chi connectivity index (χ2n) is 4.22. The smallest absolute Gasteiger partial charge is 0.305 e. The van der Waals surface area contributed by atoms with E-state index < -0.39 is 0 Å². The standard InChI is InChI=1S/C13H13ClN2O3S/c1-6-4-9(10(19-3)5-8(6)14)16-12(17)11-7(2)15-13(18)20-11/h4-5H,1-3H3,(H,15,18)(H,16,17). The molecule has 20 heavy (non-hydrogen) atoms. The van der Waals surface area contributed by atoms with Crippen molar-refractivity contribution in [2.24, 2.45) is 0 Å². The van der Waals surface area contributed by atoms with Gasteiger partial charge >= 0.3 is 4.87 Å². The molecule has 0 aliphatic heterocycles. The van der Waals surface area contributed by atoms with E-state index in [4.69, 9.17) is 16.3 Å². The molecule has 0 fully saturated rings. The largest absolute Gasteiger partial charge is 0.495 e. The van der Waals surface area contributed by atoms with Crippen molar-refractivity contribution >= 4 is 34.5 Å². The first-order valence-electron chi connectivity index (χ1n) is 5.77. The van der Waals surface area contributed by atoms with Crippen molar-refractivity contribution in [1.82, 2.24) is 4.98 Å². The van der Waals surface area contributed by atoms with Crippen LogP contribution in [0.15, 0.2) is 16.9 Å². The van der Waals surface area contributed by atoms with Crippen LogP contribution >= 0.6 is 22.9 Å². The first-order chi connectivity index (χ1) is 9.42. The van der Waals surface area contributed by atoms with Crippen LogP contribution in [0.3, 0.4) is 0 Å². The van der Waals surface area contributed by atoms with E-state index in [-0.39, 0.29) is 10.8 Å². The number of aromatic nitrogens is 1. The summed E-state index contributed by atoms with van der Waals surface area (Å²) in [4.78, 5) is 26.1. The van der Waals surface area contributed by atoms with Gasteiger partial charge in [0.1, 0.15) is 10.6 Å². The number of amides is 1. The molecule has 0 saturated carbocycles. The van der Waals surface area contributed by atoms with Gasteiger partial charge in [0.2, 0.25) is 0 Å². The summed E-state index contributed by atoms with van der Waals surface area (Å²) < 4.78 is 5.19. The maximum absolute atomic E-state index is 12.2. The molecule has 0 bridgehead atoms. The Bertz CT molecular complexity index is 721. The molecule has 0 aliphatic carbocycles. The van der Waals surface area contributed by atoms with Crippen LogP contribution in [0.25, 0.3) is 0 Å². The molecule has 1 aromatic carbocycles. The maximum atomic E-state index is 12.2. The van der Waals surface area contributed by atoms with Gasteiger partial charge in [-0.3, -0.25) is 9.59 Å². The van der Waals surface area contributed by atoms with Crippen LogP contribution in [-0.2, 0) is 0 Å². The van der Waals surface area contributed by atoms with Gasteiger partial charge in [-0.2, -0.15) is 0 Å². The van der Waals surface area contributed by atoms with Gasteiger partial charge in [0.25, 0.3) is 5.91 Å². The number of rotatable bonds is 3. The molecule has 106 valence electrons.